The summed E-state index contributed by atoms with van der Waals surface area (Å²) in [5.74, 6) is -0.191. The molecule has 0 unspecified atom stereocenters. The number of fused-ring (bicyclic) bond motifs is 3. The number of carbonyl (C=O) groups excluding carboxylic acids is 1. The van der Waals surface area contributed by atoms with Crippen LogP contribution < -0.4 is 0 Å². The zero-order valence-electron chi connectivity index (χ0n) is 15.7. The first-order valence-electron chi connectivity index (χ1n) is 9.43. The van der Waals surface area contributed by atoms with Crippen LogP contribution in [0.5, 0.6) is 0 Å². The molecule has 0 aliphatic heterocycles. The average molecular weight is 406 g/mol. The maximum atomic E-state index is 13.4. The molecule has 6 heteroatoms. The van der Waals surface area contributed by atoms with Gasteiger partial charge in [-0.05, 0) is 54.7 Å². The number of Topliss-reactive ketones (excluding diaryl/α,β-unsaturated/α-hetero) is 1. The van der Waals surface area contributed by atoms with E-state index in [9.17, 15) is 9.18 Å². The number of halogens is 2. The van der Waals surface area contributed by atoms with Gasteiger partial charge in [0, 0.05) is 23.2 Å². The molecule has 0 bridgehead atoms. The first kappa shape index (κ1) is 18.0. The Balaban J connectivity index is 1.66. The van der Waals surface area contributed by atoms with Crippen molar-refractivity contribution in [1.29, 1.82) is 0 Å². The van der Waals surface area contributed by atoms with Crippen molar-refractivity contribution in [2.45, 2.75) is 25.7 Å². The Morgan fingerprint density at radius 2 is 1.93 bits per heavy atom. The smallest absolute Gasteiger partial charge is 0.166 e. The molecule has 0 saturated heterocycles. The van der Waals surface area contributed by atoms with Crippen molar-refractivity contribution in [2.75, 3.05) is 0 Å². The number of nitrogens with zero attached hydrogens (tertiary/aromatic N) is 3. The van der Waals surface area contributed by atoms with E-state index in [0.717, 1.165) is 28.1 Å². The number of hydrogen-bond acceptors (Lipinski definition) is 3. The number of aryl methyl sites for hydroxylation is 1. The molecule has 4 aromatic rings. The summed E-state index contributed by atoms with van der Waals surface area (Å²) in [7, 11) is 0. The van der Waals surface area contributed by atoms with Gasteiger partial charge in [0.15, 0.2) is 11.4 Å². The summed E-state index contributed by atoms with van der Waals surface area (Å²) < 4.78 is 15.1. The predicted octanol–water partition coefficient (Wildman–Crippen LogP) is 5.41. The third-order valence-corrected chi connectivity index (χ3v) is 5.78. The number of benzene rings is 2. The molecule has 2 aromatic carbocycles. The summed E-state index contributed by atoms with van der Waals surface area (Å²) in [6, 6.07) is 14.0. The molecule has 144 valence electrons. The number of carbonyl (C=O) groups is 1. The third-order valence-electron chi connectivity index (χ3n) is 5.54. The van der Waals surface area contributed by atoms with Crippen molar-refractivity contribution >= 4 is 23.0 Å². The zero-order chi connectivity index (χ0) is 20.1. The van der Waals surface area contributed by atoms with Crippen LogP contribution in [0.25, 0.3) is 16.8 Å². The standard InChI is InChI=1S/C23H17ClFN3O/c1-13-22(14-5-7-18(25)8-6-14)23-26-12-19-20(28(23)27-13)10-16(11-21(19)29)15-3-2-4-17(24)9-15/h2-9,12,16H,10-11H2,1H3/t16-/m0/s1. The van der Waals surface area contributed by atoms with Crippen LogP contribution in [0.15, 0.2) is 54.7 Å². The number of rotatable bonds is 2. The Hall–Kier alpha value is -3.05. The first-order valence-corrected chi connectivity index (χ1v) is 9.81. The van der Waals surface area contributed by atoms with Gasteiger partial charge in [0.2, 0.25) is 0 Å². The van der Waals surface area contributed by atoms with Gasteiger partial charge in [0.25, 0.3) is 0 Å². The summed E-state index contributed by atoms with van der Waals surface area (Å²) in [5, 5.41) is 5.35. The van der Waals surface area contributed by atoms with Crippen molar-refractivity contribution in [3.05, 3.63) is 88.1 Å². The Bertz CT molecular complexity index is 1260. The van der Waals surface area contributed by atoms with Gasteiger partial charge in [-0.25, -0.2) is 13.9 Å². The topological polar surface area (TPSA) is 47.3 Å². The van der Waals surface area contributed by atoms with Crippen molar-refractivity contribution in [1.82, 2.24) is 14.6 Å². The fraction of sp³-hybridized carbons (Fsp3) is 0.174. The van der Waals surface area contributed by atoms with Crippen LogP contribution in [0.1, 0.15) is 39.6 Å². The van der Waals surface area contributed by atoms with E-state index in [-0.39, 0.29) is 17.5 Å². The van der Waals surface area contributed by atoms with Crippen LogP contribution in [-0.4, -0.2) is 20.4 Å². The van der Waals surface area contributed by atoms with E-state index in [1.165, 1.54) is 12.1 Å². The van der Waals surface area contributed by atoms with Gasteiger partial charge in [0.1, 0.15) is 5.82 Å². The van der Waals surface area contributed by atoms with E-state index in [0.29, 0.717) is 29.1 Å². The minimum absolute atomic E-state index is 0.0399. The molecule has 2 heterocycles. The number of hydrogen-bond donors (Lipinski definition) is 0. The molecule has 0 spiro atoms. The van der Waals surface area contributed by atoms with Crippen molar-refractivity contribution < 1.29 is 9.18 Å². The molecule has 0 saturated carbocycles. The lowest BCUT2D eigenvalue weighted by Gasteiger charge is -2.24. The maximum Gasteiger partial charge on any atom is 0.166 e. The minimum atomic E-state index is -0.289. The van der Waals surface area contributed by atoms with E-state index < -0.39 is 0 Å². The fourth-order valence-electron chi connectivity index (χ4n) is 4.16. The second-order valence-electron chi connectivity index (χ2n) is 7.40. The maximum absolute atomic E-state index is 13.4. The van der Waals surface area contributed by atoms with Gasteiger partial charge < -0.3 is 0 Å². The fourth-order valence-corrected chi connectivity index (χ4v) is 4.35. The second-order valence-corrected chi connectivity index (χ2v) is 7.84. The summed E-state index contributed by atoms with van der Waals surface area (Å²) in [5.41, 5.74) is 5.67. The molecule has 29 heavy (non-hydrogen) atoms. The van der Waals surface area contributed by atoms with E-state index >= 15 is 0 Å². The molecule has 5 rings (SSSR count). The molecule has 1 aliphatic carbocycles. The molecule has 4 nitrogen and oxygen atoms in total. The van der Waals surface area contributed by atoms with Crippen LogP contribution in [-0.2, 0) is 6.42 Å². The molecule has 2 aromatic heterocycles. The summed E-state index contributed by atoms with van der Waals surface area (Å²) in [6.07, 6.45) is 2.74. The zero-order valence-corrected chi connectivity index (χ0v) is 16.4. The van der Waals surface area contributed by atoms with Crippen LogP contribution in [0, 0.1) is 12.7 Å². The quantitative estimate of drug-likeness (QED) is 0.448. The largest absolute Gasteiger partial charge is 0.294 e. The summed E-state index contributed by atoms with van der Waals surface area (Å²) in [4.78, 5) is 17.4. The summed E-state index contributed by atoms with van der Waals surface area (Å²) in [6.45, 7) is 1.90. The van der Waals surface area contributed by atoms with Crippen LogP contribution in [0.3, 0.4) is 0 Å². The molecule has 0 N–H and O–H groups in total. The SMILES string of the molecule is Cc1nn2c3c(cnc2c1-c1ccc(F)cc1)C(=O)C[C@@H](c1cccc(Cl)c1)C3. The van der Waals surface area contributed by atoms with E-state index in [2.05, 4.69) is 10.1 Å². The minimum Gasteiger partial charge on any atom is -0.294 e. The molecule has 0 fully saturated rings. The van der Waals surface area contributed by atoms with Crippen LogP contribution >= 0.6 is 11.6 Å². The van der Waals surface area contributed by atoms with Crippen molar-refractivity contribution in [3.8, 4) is 11.1 Å². The van der Waals surface area contributed by atoms with Gasteiger partial charge in [0.05, 0.1) is 17.0 Å². The van der Waals surface area contributed by atoms with Gasteiger partial charge >= 0.3 is 0 Å². The Morgan fingerprint density at radius 1 is 1.14 bits per heavy atom. The molecule has 0 radical (unpaired) electrons. The molecule has 0 amide bonds. The van der Waals surface area contributed by atoms with E-state index in [1.807, 2.05) is 31.2 Å². The van der Waals surface area contributed by atoms with Crippen molar-refractivity contribution in [3.63, 3.8) is 0 Å². The van der Waals surface area contributed by atoms with Gasteiger partial charge in [-0.1, -0.05) is 35.9 Å². The predicted molar refractivity (Wildman–Crippen MR) is 110 cm³/mol. The van der Waals surface area contributed by atoms with E-state index in [4.69, 9.17) is 11.6 Å². The Morgan fingerprint density at radius 3 is 2.69 bits per heavy atom. The van der Waals surface area contributed by atoms with Crippen LogP contribution in [0.4, 0.5) is 4.39 Å². The monoisotopic (exact) mass is 405 g/mol. The normalized spacial score (nSPS) is 16.2. The highest BCUT2D eigenvalue weighted by Gasteiger charge is 2.30. The Labute approximate surface area is 172 Å². The summed E-state index contributed by atoms with van der Waals surface area (Å²) >= 11 is 6.16. The van der Waals surface area contributed by atoms with Gasteiger partial charge in [-0.15, -0.1) is 0 Å². The number of aromatic nitrogens is 3. The molecule has 1 aliphatic rings. The highest BCUT2D eigenvalue weighted by molar-refractivity contribution is 6.30. The highest BCUT2D eigenvalue weighted by atomic mass is 35.5. The molecular weight excluding hydrogens is 389 g/mol. The van der Waals surface area contributed by atoms with Gasteiger partial charge in [-0.3, -0.25) is 4.79 Å². The molecular formula is C23H17ClFN3O. The third kappa shape index (κ3) is 3.02. The first-order chi connectivity index (χ1) is 14.0. The van der Waals surface area contributed by atoms with Crippen molar-refractivity contribution in [2.24, 2.45) is 0 Å². The number of ketones is 1. The molecule has 1 atom stereocenters. The Kier molecular flexibility index (Phi) is 4.21. The lowest BCUT2D eigenvalue weighted by atomic mass is 9.82. The highest BCUT2D eigenvalue weighted by Crippen LogP contribution is 2.35. The van der Waals surface area contributed by atoms with Crippen LogP contribution in [0.2, 0.25) is 5.02 Å². The van der Waals surface area contributed by atoms with E-state index in [1.54, 1.807) is 22.8 Å². The average Bonchev–Trinajstić information content (AvgIpc) is 3.05. The lowest BCUT2D eigenvalue weighted by molar-refractivity contribution is 0.0962. The van der Waals surface area contributed by atoms with Gasteiger partial charge in [-0.2, -0.15) is 5.10 Å². The lowest BCUT2D eigenvalue weighted by Crippen LogP contribution is -2.22. The second kappa shape index (κ2) is 6.78.